The van der Waals surface area contributed by atoms with E-state index >= 15 is 0 Å². The molecule has 1 aromatic rings. The minimum atomic E-state index is -0.481. The maximum absolute atomic E-state index is 11.1. The van der Waals surface area contributed by atoms with Crippen molar-refractivity contribution in [2.24, 2.45) is 0 Å². The van der Waals surface area contributed by atoms with E-state index < -0.39 is 5.97 Å². The maximum atomic E-state index is 11.1. The number of thioether (sulfide) groups is 1. The van der Waals surface area contributed by atoms with Crippen LogP contribution in [0.3, 0.4) is 0 Å². The molecule has 0 radical (unpaired) electrons. The van der Waals surface area contributed by atoms with Crippen molar-refractivity contribution in [1.82, 2.24) is 9.97 Å². The number of alkyl halides is 1. The van der Waals surface area contributed by atoms with Crippen LogP contribution in [0, 0.1) is 0 Å². The van der Waals surface area contributed by atoms with E-state index in [2.05, 4.69) is 14.7 Å². The average Bonchev–Trinajstić information content (AvgIpc) is 2.25. The van der Waals surface area contributed by atoms with Crippen molar-refractivity contribution in [2.45, 2.75) is 5.03 Å². The summed E-state index contributed by atoms with van der Waals surface area (Å²) >= 11 is 6.97. The number of carbonyl (C=O) groups is 1. The normalized spacial score (nSPS) is 9.86. The Hall–Kier alpha value is -0.810. The Kier molecular flexibility index (Phi) is 4.69. The first-order valence-electron chi connectivity index (χ1n) is 3.87. The summed E-state index contributed by atoms with van der Waals surface area (Å²) in [6, 6.07) is 0. The molecule has 1 heterocycles. The molecule has 0 aliphatic heterocycles. The van der Waals surface area contributed by atoms with Gasteiger partial charge >= 0.3 is 5.97 Å². The molecular weight excluding hydrogens is 224 g/mol. The summed E-state index contributed by atoms with van der Waals surface area (Å²) < 4.78 is 4.52. The molecular formula is C8H9ClN2O2S. The van der Waals surface area contributed by atoms with Gasteiger partial charge in [-0.3, -0.25) is 4.98 Å². The highest BCUT2D eigenvalue weighted by molar-refractivity contribution is 7.99. The Morgan fingerprint density at radius 3 is 3.07 bits per heavy atom. The van der Waals surface area contributed by atoms with Gasteiger partial charge < -0.3 is 4.74 Å². The number of aromatic nitrogens is 2. The lowest BCUT2D eigenvalue weighted by Gasteiger charge is -2.00. The van der Waals surface area contributed by atoms with Crippen LogP contribution in [0.1, 0.15) is 10.5 Å². The number of rotatable bonds is 4. The van der Waals surface area contributed by atoms with Crippen LogP contribution in [0.25, 0.3) is 0 Å². The fourth-order valence-corrected chi connectivity index (χ4v) is 1.58. The molecule has 1 aromatic heterocycles. The van der Waals surface area contributed by atoms with E-state index in [0.29, 0.717) is 10.9 Å². The van der Waals surface area contributed by atoms with E-state index in [1.165, 1.54) is 25.1 Å². The Morgan fingerprint density at radius 1 is 1.64 bits per heavy atom. The molecule has 0 unspecified atom stereocenters. The molecule has 76 valence electrons. The topological polar surface area (TPSA) is 52.1 Å². The molecule has 0 spiro atoms. The van der Waals surface area contributed by atoms with Crippen LogP contribution in [0.5, 0.6) is 0 Å². The lowest BCUT2D eigenvalue weighted by Crippen LogP contribution is -2.05. The van der Waals surface area contributed by atoms with Crippen LogP contribution in [-0.2, 0) is 4.74 Å². The molecule has 0 N–H and O–H groups in total. The van der Waals surface area contributed by atoms with Gasteiger partial charge in [-0.25, -0.2) is 9.78 Å². The smallest absolute Gasteiger partial charge is 0.358 e. The summed E-state index contributed by atoms with van der Waals surface area (Å²) in [5, 5.41) is 0.675. The molecule has 0 aliphatic rings. The predicted octanol–water partition coefficient (Wildman–Crippen LogP) is 1.59. The SMILES string of the molecule is COC(=O)c1cncc(SCCCl)n1. The summed E-state index contributed by atoms with van der Waals surface area (Å²) in [5.41, 5.74) is 0.215. The zero-order valence-electron chi connectivity index (χ0n) is 7.57. The van der Waals surface area contributed by atoms with Gasteiger partial charge in [-0.2, -0.15) is 0 Å². The summed E-state index contributed by atoms with van der Waals surface area (Å²) in [6.07, 6.45) is 2.96. The third-order valence-electron chi connectivity index (χ3n) is 1.33. The van der Waals surface area contributed by atoms with Crippen molar-refractivity contribution in [3.05, 3.63) is 18.1 Å². The second kappa shape index (κ2) is 5.82. The van der Waals surface area contributed by atoms with Gasteiger partial charge in [-0.05, 0) is 0 Å². The second-order valence-corrected chi connectivity index (χ2v) is 3.76. The first kappa shape index (κ1) is 11.3. The van der Waals surface area contributed by atoms with Crippen molar-refractivity contribution in [1.29, 1.82) is 0 Å². The van der Waals surface area contributed by atoms with Gasteiger partial charge in [0.25, 0.3) is 0 Å². The van der Waals surface area contributed by atoms with Crippen molar-refractivity contribution >= 4 is 29.3 Å². The fraction of sp³-hybridized carbons (Fsp3) is 0.375. The van der Waals surface area contributed by atoms with Gasteiger partial charge in [0.1, 0.15) is 5.03 Å². The second-order valence-electron chi connectivity index (χ2n) is 2.27. The van der Waals surface area contributed by atoms with Crippen LogP contribution in [0.4, 0.5) is 0 Å². The standard InChI is InChI=1S/C8H9ClN2O2S/c1-13-8(12)6-4-10-5-7(11-6)14-3-2-9/h4-5H,2-3H2,1H3. The molecule has 0 saturated carbocycles. The highest BCUT2D eigenvalue weighted by atomic mass is 35.5. The molecule has 14 heavy (non-hydrogen) atoms. The van der Waals surface area contributed by atoms with E-state index in [1.54, 1.807) is 6.20 Å². The molecule has 0 saturated heterocycles. The summed E-state index contributed by atoms with van der Waals surface area (Å²) in [6.45, 7) is 0. The number of halogens is 1. The van der Waals surface area contributed by atoms with Crippen LogP contribution in [0.2, 0.25) is 0 Å². The van der Waals surface area contributed by atoms with E-state index in [0.717, 1.165) is 5.75 Å². The fourth-order valence-electron chi connectivity index (χ4n) is 0.764. The van der Waals surface area contributed by atoms with Crippen molar-refractivity contribution in [2.75, 3.05) is 18.7 Å². The summed E-state index contributed by atoms with van der Waals surface area (Å²) in [5.74, 6) is 0.793. The van der Waals surface area contributed by atoms with Gasteiger partial charge in [0.2, 0.25) is 0 Å². The Balaban J connectivity index is 2.73. The van der Waals surface area contributed by atoms with Crippen molar-refractivity contribution in [3.8, 4) is 0 Å². The summed E-state index contributed by atoms with van der Waals surface area (Å²) in [7, 11) is 1.31. The molecule has 0 amide bonds. The predicted molar refractivity (Wildman–Crippen MR) is 54.8 cm³/mol. The average molecular weight is 233 g/mol. The van der Waals surface area contributed by atoms with E-state index in [-0.39, 0.29) is 5.69 Å². The Bertz CT molecular complexity index is 322. The lowest BCUT2D eigenvalue weighted by atomic mass is 10.5. The zero-order valence-corrected chi connectivity index (χ0v) is 9.14. The minimum Gasteiger partial charge on any atom is -0.464 e. The number of ether oxygens (including phenoxy) is 1. The Morgan fingerprint density at radius 2 is 2.43 bits per heavy atom. The number of hydrogen-bond donors (Lipinski definition) is 0. The number of carbonyl (C=O) groups excluding carboxylic acids is 1. The van der Waals surface area contributed by atoms with Gasteiger partial charge in [-0.1, -0.05) is 0 Å². The van der Waals surface area contributed by atoms with E-state index in [4.69, 9.17) is 11.6 Å². The van der Waals surface area contributed by atoms with Gasteiger partial charge in [0, 0.05) is 11.6 Å². The number of methoxy groups -OCH3 is 1. The van der Waals surface area contributed by atoms with Gasteiger partial charge in [-0.15, -0.1) is 23.4 Å². The maximum Gasteiger partial charge on any atom is 0.358 e. The van der Waals surface area contributed by atoms with Crippen LogP contribution >= 0.6 is 23.4 Å². The van der Waals surface area contributed by atoms with Crippen LogP contribution in [0.15, 0.2) is 17.4 Å². The van der Waals surface area contributed by atoms with E-state index in [9.17, 15) is 4.79 Å². The van der Waals surface area contributed by atoms with Gasteiger partial charge in [0.05, 0.1) is 19.5 Å². The van der Waals surface area contributed by atoms with Crippen molar-refractivity contribution < 1.29 is 9.53 Å². The minimum absolute atomic E-state index is 0.215. The first-order valence-corrected chi connectivity index (χ1v) is 5.39. The lowest BCUT2D eigenvalue weighted by molar-refractivity contribution is 0.0592. The molecule has 6 heteroatoms. The highest BCUT2D eigenvalue weighted by Gasteiger charge is 2.08. The molecule has 4 nitrogen and oxygen atoms in total. The van der Waals surface area contributed by atoms with Gasteiger partial charge in [0.15, 0.2) is 5.69 Å². The Labute approximate surface area is 91.0 Å². The quantitative estimate of drug-likeness (QED) is 0.448. The van der Waals surface area contributed by atoms with Crippen LogP contribution < -0.4 is 0 Å². The summed E-state index contributed by atoms with van der Waals surface area (Å²) in [4.78, 5) is 19.0. The number of hydrogen-bond acceptors (Lipinski definition) is 5. The third-order valence-corrected chi connectivity index (χ3v) is 2.65. The van der Waals surface area contributed by atoms with Crippen molar-refractivity contribution in [3.63, 3.8) is 0 Å². The molecule has 0 aromatic carbocycles. The first-order chi connectivity index (χ1) is 6.77. The molecule has 1 rings (SSSR count). The van der Waals surface area contributed by atoms with E-state index in [1.807, 2.05) is 0 Å². The largest absolute Gasteiger partial charge is 0.464 e. The molecule has 0 fully saturated rings. The molecule has 0 atom stereocenters. The highest BCUT2D eigenvalue weighted by Crippen LogP contribution is 2.14. The third kappa shape index (κ3) is 3.16. The number of esters is 1. The van der Waals surface area contributed by atoms with Crippen LogP contribution in [-0.4, -0.2) is 34.7 Å². The monoisotopic (exact) mass is 232 g/mol. The zero-order chi connectivity index (χ0) is 10.4. The number of nitrogens with zero attached hydrogens (tertiary/aromatic N) is 2. The molecule has 0 bridgehead atoms. The molecule has 0 aliphatic carbocycles.